The molecule has 106 valence electrons. The maximum atomic E-state index is 12.9. The molecule has 1 unspecified atom stereocenters. The predicted octanol–water partition coefficient (Wildman–Crippen LogP) is 0.638. The second-order valence-corrected chi connectivity index (χ2v) is 5.46. The van der Waals surface area contributed by atoms with Gasteiger partial charge in [-0.3, -0.25) is 4.79 Å². The Morgan fingerprint density at radius 2 is 2.16 bits per heavy atom. The SMILES string of the molecule is CCOC(=O)C(C)NS(=O)(=O)c1ccc(F)cc1N. The highest BCUT2D eigenvalue weighted by Gasteiger charge is 2.24. The third-order valence-electron chi connectivity index (χ3n) is 2.23. The first kappa shape index (κ1) is 15.4. The molecule has 19 heavy (non-hydrogen) atoms. The fraction of sp³-hybridized carbons (Fsp3) is 0.364. The number of nitrogen functional groups attached to an aromatic ring is 1. The standard InChI is InChI=1S/C11H15FN2O4S/c1-3-18-11(15)7(2)14-19(16,17)10-5-4-8(12)6-9(10)13/h4-7,14H,3,13H2,1-2H3. The number of esters is 1. The Morgan fingerprint density at radius 3 is 2.68 bits per heavy atom. The maximum absolute atomic E-state index is 12.9. The van der Waals surface area contributed by atoms with E-state index in [0.717, 1.165) is 18.2 Å². The van der Waals surface area contributed by atoms with Crippen LogP contribution < -0.4 is 10.5 Å². The van der Waals surface area contributed by atoms with Gasteiger partial charge in [-0.15, -0.1) is 0 Å². The molecule has 6 nitrogen and oxygen atoms in total. The molecule has 0 saturated heterocycles. The van der Waals surface area contributed by atoms with Crippen LogP contribution in [-0.2, 0) is 19.6 Å². The summed E-state index contributed by atoms with van der Waals surface area (Å²) < 4.78 is 43.6. The molecule has 1 aromatic rings. The molecule has 1 atom stereocenters. The Morgan fingerprint density at radius 1 is 1.53 bits per heavy atom. The molecular formula is C11H15FN2O4S. The number of nitrogens with two attached hydrogens (primary N) is 1. The molecule has 3 N–H and O–H groups in total. The topological polar surface area (TPSA) is 98.5 Å². The van der Waals surface area contributed by atoms with Crippen LogP contribution in [0, 0.1) is 5.82 Å². The molecule has 0 aromatic heterocycles. The highest BCUT2D eigenvalue weighted by molar-refractivity contribution is 7.89. The number of hydrogen-bond acceptors (Lipinski definition) is 5. The first-order chi connectivity index (χ1) is 8.77. The van der Waals surface area contributed by atoms with Crippen molar-refractivity contribution < 1.29 is 22.3 Å². The first-order valence-electron chi connectivity index (χ1n) is 5.52. The summed E-state index contributed by atoms with van der Waals surface area (Å²) in [6.45, 7) is 3.09. The summed E-state index contributed by atoms with van der Waals surface area (Å²) in [5, 5.41) is 0. The fourth-order valence-electron chi connectivity index (χ4n) is 1.38. The van der Waals surface area contributed by atoms with E-state index >= 15 is 0 Å². The van der Waals surface area contributed by atoms with Crippen LogP contribution in [0.2, 0.25) is 0 Å². The number of carbonyl (C=O) groups excluding carboxylic acids is 1. The quantitative estimate of drug-likeness (QED) is 0.612. The minimum absolute atomic E-state index is 0.142. The maximum Gasteiger partial charge on any atom is 0.323 e. The molecule has 1 rings (SSSR count). The van der Waals surface area contributed by atoms with E-state index in [1.807, 2.05) is 0 Å². The summed E-state index contributed by atoms with van der Waals surface area (Å²) in [6.07, 6.45) is 0. The average Bonchev–Trinajstić information content (AvgIpc) is 2.27. The number of ether oxygens (including phenoxy) is 1. The van der Waals surface area contributed by atoms with Crippen LogP contribution >= 0.6 is 0 Å². The number of nitrogens with one attached hydrogen (secondary N) is 1. The van der Waals surface area contributed by atoms with E-state index in [4.69, 9.17) is 5.73 Å². The number of hydrogen-bond donors (Lipinski definition) is 2. The number of halogens is 1. The molecule has 0 aliphatic carbocycles. The van der Waals surface area contributed by atoms with Gasteiger partial charge < -0.3 is 10.5 Å². The van der Waals surface area contributed by atoms with E-state index in [-0.39, 0.29) is 17.2 Å². The number of anilines is 1. The molecule has 0 saturated carbocycles. The van der Waals surface area contributed by atoms with Crippen LogP contribution in [0.3, 0.4) is 0 Å². The molecule has 0 spiro atoms. The largest absolute Gasteiger partial charge is 0.465 e. The summed E-state index contributed by atoms with van der Waals surface area (Å²) in [4.78, 5) is 11.1. The summed E-state index contributed by atoms with van der Waals surface area (Å²) in [5.41, 5.74) is 5.21. The number of sulfonamides is 1. The smallest absolute Gasteiger partial charge is 0.323 e. The lowest BCUT2D eigenvalue weighted by atomic mass is 10.3. The molecule has 0 aliphatic rings. The van der Waals surface area contributed by atoms with E-state index < -0.39 is 27.9 Å². The van der Waals surface area contributed by atoms with Crippen molar-refractivity contribution in [3.05, 3.63) is 24.0 Å². The molecule has 8 heteroatoms. The van der Waals surface area contributed by atoms with Gasteiger partial charge in [0.1, 0.15) is 16.8 Å². The highest BCUT2D eigenvalue weighted by atomic mass is 32.2. The van der Waals surface area contributed by atoms with Gasteiger partial charge in [-0.05, 0) is 32.0 Å². The molecule has 0 heterocycles. The van der Waals surface area contributed by atoms with Crippen molar-refractivity contribution in [1.29, 1.82) is 0 Å². The monoisotopic (exact) mass is 290 g/mol. The van der Waals surface area contributed by atoms with Crippen LogP contribution in [0.4, 0.5) is 10.1 Å². The van der Waals surface area contributed by atoms with Gasteiger partial charge in [0.2, 0.25) is 10.0 Å². The number of benzene rings is 1. The minimum Gasteiger partial charge on any atom is -0.465 e. The third-order valence-corrected chi connectivity index (χ3v) is 3.85. The summed E-state index contributed by atoms with van der Waals surface area (Å²) >= 11 is 0. The van der Waals surface area contributed by atoms with Gasteiger partial charge in [0.05, 0.1) is 12.3 Å². The van der Waals surface area contributed by atoms with Crippen LogP contribution in [0.15, 0.2) is 23.1 Å². The van der Waals surface area contributed by atoms with Crippen molar-refractivity contribution >= 4 is 21.7 Å². The van der Waals surface area contributed by atoms with Crippen LogP contribution in [0.1, 0.15) is 13.8 Å². The highest BCUT2D eigenvalue weighted by Crippen LogP contribution is 2.19. The van der Waals surface area contributed by atoms with Gasteiger partial charge >= 0.3 is 5.97 Å². The Bertz CT molecular complexity index is 574. The summed E-state index contributed by atoms with van der Waals surface area (Å²) in [5.74, 6) is -1.35. The minimum atomic E-state index is -4.01. The Kier molecular flexibility index (Phi) is 4.84. The van der Waals surface area contributed by atoms with Crippen molar-refractivity contribution in [2.75, 3.05) is 12.3 Å². The summed E-state index contributed by atoms with van der Waals surface area (Å²) in [6, 6.07) is 1.84. The lowest BCUT2D eigenvalue weighted by Crippen LogP contribution is -2.39. The zero-order valence-electron chi connectivity index (χ0n) is 10.5. The Labute approximate surface area is 110 Å². The molecule has 0 aliphatic heterocycles. The van der Waals surface area contributed by atoms with Crippen LogP contribution in [-0.4, -0.2) is 27.0 Å². The van der Waals surface area contributed by atoms with E-state index in [2.05, 4.69) is 9.46 Å². The Hall–Kier alpha value is -1.67. The van der Waals surface area contributed by atoms with Crippen molar-refractivity contribution in [2.24, 2.45) is 0 Å². The lowest BCUT2D eigenvalue weighted by Gasteiger charge is -2.14. The Balaban J connectivity index is 2.95. The van der Waals surface area contributed by atoms with Crippen molar-refractivity contribution in [1.82, 2.24) is 4.72 Å². The van der Waals surface area contributed by atoms with Crippen molar-refractivity contribution in [3.63, 3.8) is 0 Å². The predicted molar refractivity (Wildman–Crippen MR) is 67.2 cm³/mol. The third kappa shape index (κ3) is 3.90. The molecule has 0 amide bonds. The molecular weight excluding hydrogens is 275 g/mol. The van der Waals surface area contributed by atoms with E-state index in [1.54, 1.807) is 6.92 Å². The van der Waals surface area contributed by atoms with Gasteiger partial charge in [-0.1, -0.05) is 0 Å². The van der Waals surface area contributed by atoms with Gasteiger partial charge in [0.25, 0.3) is 0 Å². The first-order valence-corrected chi connectivity index (χ1v) is 7.00. The lowest BCUT2D eigenvalue weighted by molar-refractivity contribution is -0.144. The van der Waals surface area contributed by atoms with Crippen molar-refractivity contribution in [2.45, 2.75) is 24.8 Å². The van der Waals surface area contributed by atoms with Gasteiger partial charge in [0.15, 0.2) is 0 Å². The normalized spacial score (nSPS) is 13.0. The van der Waals surface area contributed by atoms with E-state index in [1.165, 1.54) is 6.92 Å². The number of carbonyl (C=O) groups is 1. The van der Waals surface area contributed by atoms with E-state index in [0.29, 0.717) is 0 Å². The van der Waals surface area contributed by atoms with Crippen LogP contribution in [0.25, 0.3) is 0 Å². The van der Waals surface area contributed by atoms with E-state index in [9.17, 15) is 17.6 Å². The second kappa shape index (κ2) is 5.98. The molecule has 0 radical (unpaired) electrons. The van der Waals surface area contributed by atoms with Crippen LogP contribution in [0.5, 0.6) is 0 Å². The zero-order valence-corrected chi connectivity index (χ0v) is 11.3. The second-order valence-electron chi connectivity index (χ2n) is 3.78. The average molecular weight is 290 g/mol. The zero-order chi connectivity index (χ0) is 14.6. The summed E-state index contributed by atoms with van der Waals surface area (Å²) in [7, 11) is -4.01. The number of rotatable bonds is 5. The molecule has 0 bridgehead atoms. The van der Waals surface area contributed by atoms with Gasteiger partial charge in [-0.2, -0.15) is 4.72 Å². The van der Waals surface area contributed by atoms with Crippen molar-refractivity contribution in [3.8, 4) is 0 Å². The fourth-order valence-corrected chi connectivity index (χ4v) is 2.68. The molecule has 1 aromatic carbocycles. The van der Waals surface area contributed by atoms with Gasteiger partial charge in [-0.25, -0.2) is 12.8 Å². The molecule has 0 fully saturated rings. The van der Waals surface area contributed by atoms with Gasteiger partial charge in [0, 0.05) is 0 Å².